The van der Waals surface area contributed by atoms with Gasteiger partial charge in [0.2, 0.25) is 5.91 Å². The van der Waals surface area contributed by atoms with Gasteiger partial charge in [-0.1, -0.05) is 32.8 Å². The predicted octanol–water partition coefficient (Wildman–Crippen LogP) is 3.67. The van der Waals surface area contributed by atoms with E-state index in [1.54, 1.807) is 6.08 Å². The molecule has 190 valence electrons. The molecule has 5 nitrogen and oxygen atoms in total. The summed E-state index contributed by atoms with van der Waals surface area (Å²) in [6.07, 6.45) is 15.9. The summed E-state index contributed by atoms with van der Waals surface area (Å²) >= 11 is 0. The SMILES string of the molecule is C#CCNC(=O)/C=C/CC[C@@H](C)[C@H]1CC[C@H]2[C@@H]3C(O)C(O)[C@@H]4C[C@H](O)CC[C@]4(C)[C@H]3CC[C@]12C. The lowest BCUT2D eigenvalue weighted by Crippen LogP contribution is -2.64. The monoisotopic (exact) mass is 471 g/mol. The summed E-state index contributed by atoms with van der Waals surface area (Å²) in [4.78, 5) is 11.7. The second kappa shape index (κ2) is 9.96. The number of carbonyl (C=O) groups is 1. The van der Waals surface area contributed by atoms with E-state index in [-0.39, 0.29) is 41.2 Å². The molecule has 0 aromatic rings. The summed E-state index contributed by atoms with van der Waals surface area (Å²) in [6, 6.07) is 0. The zero-order valence-corrected chi connectivity index (χ0v) is 21.2. The molecule has 0 bridgehead atoms. The Morgan fingerprint density at radius 2 is 1.76 bits per heavy atom. The van der Waals surface area contributed by atoms with Gasteiger partial charge in [-0.3, -0.25) is 4.79 Å². The van der Waals surface area contributed by atoms with E-state index in [0.29, 0.717) is 30.1 Å². The Labute approximate surface area is 205 Å². The van der Waals surface area contributed by atoms with E-state index in [1.807, 2.05) is 6.08 Å². The quantitative estimate of drug-likeness (QED) is 0.351. The number of fused-ring (bicyclic) bond motifs is 5. The topological polar surface area (TPSA) is 89.8 Å². The normalized spacial score (nSPS) is 46.7. The summed E-state index contributed by atoms with van der Waals surface area (Å²) in [5.74, 6) is 4.45. The van der Waals surface area contributed by atoms with Crippen molar-refractivity contribution >= 4 is 5.91 Å². The van der Waals surface area contributed by atoms with Gasteiger partial charge in [0.05, 0.1) is 24.9 Å². The van der Waals surface area contributed by atoms with Crippen LogP contribution in [0.25, 0.3) is 0 Å². The number of hydrogen-bond donors (Lipinski definition) is 4. The van der Waals surface area contributed by atoms with Crippen molar-refractivity contribution in [1.29, 1.82) is 0 Å². The Hall–Kier alpha value is -1.35. The molecule has 5 heteroatoms. The third-order valence-corrected chi connectivity index (χ3v) is 10.9. The molecule has 4 rings (SSSR count). The molecule has 4 aliphatic rings. The zero-order valence-electron chi connectivity index (χ0n) is 21.2. The minimum atomic E-state index is -0.731. The Bertz CT molecular complexity index is 819. The summed E-state index contributed by atoms with van der Waals surface area (Å²) in [5.41, 5.74) is 0.199. The van der Waals surface area contributed by atoms with Crippen LogP contribution in [0.2, 0.25) is 0 Å². The smallest absolute Gasteiger partial charge is 0.244 e. The average Bonchev–Trinajstić information content (AvgIpc) is 3.16. The molecule has 4 N–H and O–H groups in total. The van der Waals surface area contributed by atoms with Crippen molar-refractivity contribution in [2.45, 2.75) is 96.9 Å². The molecular formula is C29H45NO4. The van der Waals surface area contributed by atoms with E-state index in [0.717, 1.165) is 38.5 Å². The van der Waals surface area contributed by atoms with Crippen LogP contribution in [0.3, 0.4) is 0 Å². The van der Waals surface area contributed by atoms with E-state index in [1.165, 1.54) is 12.8 Å². The van der Waals surface area contributed by atoms with Crippen LogP contribution in [0.5, 0.6) is 0 Å². The molecular weight excluding hydrogens is 426 g/mol. The first kappa shape index (κ1) is 25.7. The van der Waals surface area contributed by atoms with Crippen LogP contribution in [0, 0.1) is 58.7 Å². The van der Waals surface area contributed by atoms with Gasteiger partial charge >= 0.3 is 0 Å². The molecule has 0 aliphatic heterocycles. The lowest BCUT2D eigenvalue weighted by molar-refractivity contribution is -0.223. The standard InChI is InChI=1S/C29H45NO4/c1-5-16-30-24(32)9-7-6-8-18(2)20-10-11-21-25-22(13-15-28(20,21)3)29(4)14-12-19(31)17-23(29)26(33)27(25)34/h1,7,9,18-23,25-27,31,33-34H,6,8,10-17H2,2-4H3,(H,30,32)/b9-7+/t18-,19-,20-,21+,22+,23+,25+,26?,27?,28-,29-/m1/s1. The van der Waals surface area contributed by atoms with Crippen LogP contribution in [-0.4, -0.2) is 46.1 Å². The summed E-state index contributed by atoms with van der Waals surface area (Å²) in [6.45, 7) is 7.39. The molecule has 0 aromatic heterocycles. The first-order chi connectivity index (χ1) is 16.1. The number of hydrogen-bond acceptors (Lipinski definition) is 4. The predicted molar refractivity (Wildman–Crippen MR) is 133 cm³/mol. The van der Waals surface area contributed by atoms with Crippen molar-refractivity contribution < 1.29 is 20.1 Å². The maximum Gasteiger partial charge on any atom is 0.244 e. The Balaban J connectivity index is 1.44. The number of terminal acetylenes is 1. The molecule has 0 saturated heterocycles. The second-order valence-corrected chi connectivity index (χ2v) is 12.4. The lowest BCUT2D eigenvalue weighted by atomic mass is 9.43. The molecule has 4 fully saturated rings. The lowest BCUT2D eigenvalue weighted by Gasteiger charge is -2.63. The highest BCUT2D eigenvalue weighted by atomic mass is 16.3. The minimum absolute atomic E-state index is 0.00222. The van der Waals surface area contributed by atoms with Crippen LogP contribution in [0.4, 0.5) is 0 Å². The molecule has 4 aliphatic carbocycles. The molecule has 0 radical (unpaired) electrons. The van der Waals surface area contributed by atoms with Gasteiger partial charge in [0.15, 0.2) is 0 Å². The van der Waals surface area contributed by atoms with Gasteiger partial charge in [-0.05, 0) is 110 Å². The molecule has 0 aromatic carbocycles. The van der Waals surface area contributed by atoms with Crippen molar-refractivity contribution in [3.63, 3.8) is 0 Å². The minimum Gasteiger partial charge on any atom is -0.393 e. The fraction of sp³-hybridized carbons (Fsp3) is 0.828. The molecule has 2 unspecified atom stereocenters. The number of carbonyl (C=O) groups excluding carboxylic acids is 1. The fourth-order valence-electron chi connectivity index (χ4n) is 9.16. The number of rotatable bonds is 6. The Kier molecular flexibility index (Phi) is 7.54. The Morgan fingerprint density at radius 1 is 1.06 bits per heavy atom. The highest BCUT2D eigenvalue weighted by Crippen LogP contribution is 2.68. The van der Waals surface area contributed by atoms with E-state index in [9.17, 15) is 20.1 Å². The number of allylic oxidation sites excluding steroid dienone is 1. The first-order valence-corrected chi connectivity index (χ1v) is 13.6. The van der Waals surface area contributed by atoms with Crippen molar-refractivity contribution in [1.82, 2.24) is 5.32 Å². The third-order valence-electron chi connectivity index (χ3n) is 10.9. The third kappa shape index (κ3) is 4.36. The first-order valence-electron chi connectivity index (χ1n) is 13.6. The van der Waals surface area contributed by atoms with Crippen LogP contribution < -0.4 is 5.32 Å². The summed E-state index contributed by atoms with van der Waals surface area (Å²) in [7, 11) is 0. The average molecular weight is 472 g/mol. The van der Waals surface area contributed by atoms with E-state index >= 15 is 0 Å². The van der Waals surface area contributed by atoms with Gasteiger partial charge in [0, 0.05) is 0 Å². The zero-order chi connectivity index (χ0) is 24.7. The molecule has 11 atom stereocenters. The molecule has 4 saturated carbocycles. The van der Waals surface area contributed by atoms with Crippen molar-refractivity contribution in [2.24, 2.45) is 46.3 Å². The largest absolute Gasteiger partial charge is 0.393 e. The molecule has 0 spiro atoms. The highest BCUT2D eigenvalue weighted by Gasteiger charge is 2.65. The van der Waals surface area contributed by atoms with Crippen molar-refractivity contribution in [3.05, 3.63) is 12.2 Å². The van der Waals surface area contributed by atoms with Gasteiger partial charge in [-0.2, -0.15) is 0 Å². The second-order valence-electron chi connectivity index (χ2n) is 12.4. The number of aliphatic hydroxyl groups excluding tert-OH is 3. The number of amides is 1. The molecule has 1 amide bonds. The van der Waals surface area contributed by atoms with Crippen molar-refractivity contribution in [2.75, 3.05) is 6.54 Å². The van der Waals surface area contributed by atoms with Gasteiger partial charge in [0.25, 0.3) is 0 Å². The highest BCUT2D eigenvalue weighted by molar-refractivity contribution is 5.87. The van der Waals surface area contributed by atoms with E-state index in [2.05, 4.69) is 32.0 Å². The van der Waals surface area contributed by atoms with Crippen LogP contribution in [0.15, 0.2) is 12.2 Å². The number of aliphatic hydroxyl groups is 3. The molecule has 0 heterocycles. The number of nitrogens with one attached hydrogen (secondary N) is 1. The van der Waals surface area contributed by atoms with Crippen molar-refractivity contribution in [3.8, 4) is 12.3 Å². The van der Waals surface area contributed by atoms with E-state index < -0.39 is 12.2 Å². The van der Waals surface area contributed by atoms with Gasteiger partial charge in [-0.25, -0.2) is 0 Å². The van der Waals surface area contributed by atoms with E-state index in [4.69, 9.17) is 6.42 Å². The fourth-order valence-corrected chi connectivity index (χ4v) is 9.16. The maximum atomic E-state index is 11.7. The van der Waals surface area contributed by atoms with Gasteiger partial charge in [-0.15, -0.1) is 6.42 Å². The summed E-state index contributed by atoms with van der Waals surface area (Å²) in [5, 5.41) is 35.5. The Morgan fingerprint density at radius 3 is 2.50 bits per heavy atom. The van der Waals surface area contributed by atoms with Gasteiger partial charge in [0.1, 0.15) is 0 Å². The van der Waals surface area contributed by atoms with Crippen LogP contribution in [0.1, 0.15) is 78.6 Å². The summed E-state index contributed by atoms with van der Waals surface area (Å²) < 4.78 is 0. The van der Waals surface area contributed by atoms with Crippen LogP contribution in [-0.2, 0) is 4.79 Å². The van der Waals surface area contributed by atoms with Crippen LogP contribution >= 0.6 is 0 Å². The van der Waals surface area contributed by atoms with Gasteiger partial charge < -0.3 is 20.6 Å². The maximum absolute atomic E-state index is 11.7. The molecule has 34 heavy (non-hydrogen) atoms.